The fraction of sp³-hybridized carbons (Fsp3) is 0.0667. The van der Waals surface area contributed by atoms with E-state index in [1.807, 2.05) is 0 Å². The molecule has 2 nitrogen and oxygen atoms in total. The summed E-state index contributed by atoms with van der Waals surface area (Å²) in [5, 5.41) is 9.11. The van der Waals surface area contributed by atoms with Crippen LogP contribution in [-0.4, -0.2) is 5.78 Å². The van der Waals surface area contributed by atoms with Crippen molar-refractivity contribution >= 4 is 17.4 Å². The Morgan fingerprint density at radius 2 is 1.90 bits per heavy atom. The number of hydrogen-bond donors (Lipinski definition) is 0. The first-order chi connectivity index (χ1) is 9.54. The molecule has 20 heavy (non-hydrogen) atoms. The normalized spacial score (nSPS) is 11.7. The van der Waals surface area contributed by atoms with E-state index in [-0.39, 0.29) is 16.1 Å². The molecule has 2 rings (SSSR count). The Morgan fingerprint density at radius 3 is 2.50 bits per heavy atom. The van der Waals surface area contributed by atoms with Gasteiger partial charge in [-0.05, 0) is 29.8 Å². The lowest BCUT2D eigenvalue weighted by Gasteiger charge is -2.11. The van der Waals surface area contributed by atoms with Gasteiger partial charge in [-0.2, -0.15) is 5.26 Å². The number of hydrogen-bond acceptors (Lipinski definition) is 2. The van der Waals surface area contributed by atoms with Crippen LogP contribution in [-0.2, 0) is 0 Å². The molecule has 2 aromatic carbocycles. The maximum absolute atomic E-state index is 13.6. The molecule has 0 N–H and O–H groups in total. The van der Waals surface area contributed by atoms with Crippen LogP contribution in [0.1, 0.15) is 21.8 Å². The number of halogens is 3. The number of ketones is 1. The maximum Gasteiger partial charge on any atom is 0.187 e. The number of benzene rings is 2. The number of Topliss-reactive ketones (excluding diaryl/α,β-unsaturated/α-hetero) is 1. The standard InChI is InChI=1S/C15H8ClF2NO/c16-13-7-9(17)5-6-10(13)12(8-19)15(20)11-3-1-2-4-14(11)18/h1-7,12H. The molecule has 100 valence electrons. The summed E-state index contributed by atoms with van der Waals surface area (Å²) < 4.78 is 26.6. The van der Waals surface area contributed by atoms with Gasteiger partial charge < -0.3 is 0 Å². The van der Waals surface area contributed by atoms with E-state index in [1.165, 1.54) is 24.3 Å². The highest BCUT2D eigenvalue weighted by molar-refractivity contribution is 6.31. The zero-order valence-electron chi connectivity index (χ0n) is 10.1. The van der Waals surface area contributed by atoms with Gasteiger partial charge in [0.2, 0.25) is 0 Å². The lowest BCUT2D eigenvalue weighted by atomic mass is 9.91. The molecule has 2 aromatic rings. The number of rotatable bonds is 3. The van der Waals surface area contributed by atoms with Crippen LogP contribution in [0.15, 0.2) is 42.5 Å². The van der Waals surface area contributed by atoms with E-state index >= 15 is 0 Å². The largest absolute Gasteiger partial charge is 0.292 e. The molecule has 0 bridgehead atoms. The lowest BCUT2D eigenvalue weighted by Crippen LogP contribution is -2.13. The Morgan fingerprint density at radius 1 is 1.20 bits per heavy atom. The van der Waals surface area contributed by atoms with Crippen molar-refractivity contribution < 1.29 is 13.6 Å². The van der Waals surface area contributed by atoms with Crippen LogP contribution in [0.2, 0.25) is 5.02 Å². The number of carbonyl (C=O) groups is 1. The van der Waals surface area contributed by atoms with Crippen molar-refractivity contribution in [2.45, 2.75) is 5.92 Å². The van der Waals surface area contributed by atoms with Crippen LogP contribution in [0.5, 0.6) is 0 Å². The molecular formula is C15H8ClF2NO. The summed E-state index contributed by atoms with van der Waals surface area (Å²) in [4.78, 5) is 12.2. The number of carbonyl (C=O) groups excluding carboxylic acids is 1. The van der Waals surface area contributed by atoms with Gasteiger partial charge in [-0.15, -0.1) is 0 Å². The van der Waals surface area contributed by atoms with Gasteiger partial charge in [0.05, 0.1) is 11.6 Å². The highest BCUT2D eigenvalue weighted by Gasteiger charge is 2.26. The van der Waals surface area contributed by atoms with E-state index in [9.17, 15) is 13.6 Å². The van der Waals surface area contributed by atoms with Gasteiger partial charge in [0.1, 0.15) is 17.6 Å². The molecule has 0 heterocycles. The van der Waals surface area contributed by atoms with E-state index in [4.69, 9.17) is 16.9 Å². The van der Waals surface area contributed by atoms with Gasteiger partial charge in [-0.3, -0.25) is 4.79 Å². The highest BCUT2D eigenvalue weighted by Crippen LogP contribution is 2.28. The summed E-state index contributed by atoms with van der Waals surface area (Å²) in [6.45, 7) is 0. The van der Waals surface area contributed by atoms with Crippen LogP contribution in [0.25, 0.3) is 0 Å². The van der Waals surface area contributed by atoms with Crippen molar-refractivity contribution in [3.05, 3.63) is 70.2 Å². The summed E-state index contributed by atoms with van der Waals surface area (Å²) in [5.41, 5.74) is -0.0386. The van der Waals surface area contributed by atoms with Crippen LogP contribution < -0.4 is 0 Å². The third-order valence-electron chi connectivity index (χ3n) is 2.80. The average Bonchev–Trinajstić information content (AvgIpc) is 2.42. The molecule has 1 unspecified atom stereocenters. The van der Waals surface area contributed by atoms with E-state index < -0.39 is 23.3 Å². The topological polar surface area (TPSA) is 40.9 Å². The molecule has 0 spiro atoms. The third-order valence-corrected chi connectivity index (χ3v) is 3.13. The molecule has 1 atom stereocenters. The molecule has 5 heteroatoms. The van der Waals surface area contributed by atoms with Crippen molar-refractivity contribution in [3.8, 4) is 6.07 Å². The molecule has 0 saturated carbocycles. The molecule has 0 aromatic heterocycles. The fourth-order valence-electron chi connectivity index (χ4n) is 1.82. The Balaban J connectivity index is 2.46. The lowest BCUT2D eigenvalue weighted by molar-refractivity contribution is 0.0975. The Bertz CT molecular complexity index is 709. The summed E-state index contributed by atoms with van der Waals surface area (Å²) in [7, 11) is 0. The Hall–Kier alpha value is -2.25. The molecule has 0 amide bonds. The van der Waals surface area contributed by atoms with E-state index in [0.717, 1.165) is 18.2 Å². The van der Waals surface area contributed by atoms with Gasteiger partial charge in [-0.1, -0.05) is 29.8 Å². The maximum atomic E-state index is 13.6. The molecule has 0 aliphatic carbocycles. The van der Waals surface area contributed by atoms with Crippen LogP contribution in [0.3, 0.4) is 0 Å². The van der Waals surface area contributed by atoms with Crippen molar-refractivity contribution in [1.29, 1.82) is 5.26 Å². The zero-order chi connectivity index (χ0) is 14.7. The Kier molecular flexibility index (Phi) is 4.11. The van der Waals surface area contributed by atoms with Crippen LogP contribution >= 0.6 is 11.6 Å². The van der Waals surface area contributed by atoms with Gasteiger partial charge in [0.25, 0.3) is 0 Å². The molecular weight excluding hydrogens is 284 g/mol. The second-order valence-electron chi connectivity index (χ2n) is 4.07. The first-order valence-corrected chi connectivity index (χ1v) is 6.05. The molecule has 0 aliphatic heterocycles. The van der Waals surface area contributed by atoms with E-state index in [1.54, 1.807) is 6.07 Å². The Labute approximate surface area is 119 Å². The smallest absolute Gasteiger partial charge is 0.187 e. The molecule has 0 fully saturated rings. The number of nitrogens with zero attached hydrogens (tertiary/aromatic N) is 1. The summed E-state index contributed by atoms with van der Waals surface area (Å²) in [5.74, 6) is -3.27. The SMILES string of the molecule is N#CC(C(=O)c1ccccc1F)c1ccc(F)cc1Cl. The fourth-order valence-corrected chi connectivity index (χ4v) is 2.10. The van der Waals surface area contributed by atoms with Crippen molar-refractivity contribution in [2.75, 3.05) is 0 Å². The molecule has 0 radical (unpaired) electrons. The first kappa shape index (κ1) is 14.2. The second kappa shape index (κ2) is 5.81. The highest BCUT2D eigenvalue weighted by atomic mass is 35.5. The van der Waals surface area contributed by atoms with Crippen molar-refractivity contribution in [3.63, 3.8) is 0 Å². The second-order valence-corrected chi connectivity index (χ2v) is 4.48. The predicted molar refractivity (Wildman–Crippen MR) is 70.5 cm³/mol. The first-order valence-electron chi connectivity index (χ1n) is 5.68. The van der Waals surface area contributed by atoms with Crippen molar-refractivity contribution in [2.24, 2.45) is 0 Å². The summed E-state index contributed by atoms with van der Waals surface area (Å²) in [6.07, 6.45) is 0. The molecule has 0 saturated heterocycles. The quantitative estimate of drug-likeness (QED) is 0.799. The predicted octanol–water partition coefficient (Wildman–Crippen LogP) is 4.11. The van der Waals surface area contributed by atoms with Gasteiger partial charge in [0.15, 0.2) is 5.78 Å². The average molecular weight is 292 g/mol. The zero-order valence-corrected chi connectivity index (χ0v) is 10.9. The number of nitriles is 1. The minimum atomic E-state index is -1.28. The monoisotopic (exact) mass is 291 g/mol. The van der Waals surface area contributed by atoms with E-state index in [2.05, 4.69) is 0 Å². The van der Waals surface area contributed by atoms with Crippen LogP contribution in [0.4, 0.5) is 8.78 Å². The van der Waals surface area contributed by atoms with Crippen molar-refractivity contribution in [1.82, 2.24) is 0 Å². The van der Waals surface area contributed by atoms with E-state index in [0.29, 0.717) is 0 Å². The summed E-state index contributed by atoms with van der Waals surface area (Å²) in [6, 6.07) is 10.5. The minimum Gasteiger partial charge on any atom is -0.292 e. The summed E-state index contributed by atoms with van der Waals surface area (Å²) >= 11 is 5.84. The van der Waals surface area contributed by atoms with Crippen LogP contribution in [0, 0.1) is 23.0 Å². The van der Waals surface area contributed by atoms with Gasteiger partial charge in [-0.25, -0.2) is 8.78 Å². The van der Waals surface area contributed by atoms with Gasteiger partial charge in [0, 0.05) is 5.02 Å². The minimum absolute atomic E-state index is 0.0405. The third kappa shape index (κ3) is 2.68. The molecule has 0 aliphatic rings. The van der Waals surface area contributed by atoms with Gasteiger partial charge >= 0.3 is 0 Å².